The van der Waals surface area contributed by atoms with E-state index in [4.69, 9.17) is 0 Å². The summed E-state index contributed by atoms with van der Waals surface area (Å²) in [7, 11) is 0. The van der Waals surface area contributed by atoms with Crippen molar-refractivity contribution in [2.45, 2.75) is 32.6 Å². The van der Waals surface area contributed by atoms with Gasteiger partial charge < -0.3 is 0 Å². The lowest BCUT2D eigenvalue weighted by Crippen LogP contribution is -2.47. The molecule has 0 aromatic heterocycles. The smallest absolute Gasteiger partial charge is 0.0351 e. The predicted molar refractivity (Wildman–Crippen MR) is 124 cm³/mol. The maximum Gasteiger partial charge on any atom is 0.0351 e. The maximum atomic E-state index is 2.42. The van der Waals surface area contributed by atoms with Gasteiger partial charge in [0.05, 0.1) is 0 Å². The van der Waals surface area contributed by atoms with E-state index in [0.717, 1.165) is 6.42 Å². The molecule has 29 heavy (non-hydrogen) atoms. The third kappa shape index (κ3) is 3.49. The van der Waals surface area contributed by atoms with Gasteiger partial charge in [0, 0.05) is 11.3 Å². The van der Waals surface area contributed by atoms with Crippen LogP contribution in [0.2, 0.25) is 0 Å². The maximum absolute atomic E-state index is 2.42. The molecular weight excluding hydrogens is 348 g/mol. The molecule has 1 unspecified atom stereocenters. The number of hydrogen-bond donors (Lipinski definition) is 0. The Morgan fingerprint density at radius 2 is 1.14 bits per heavy atom. The van der Waals surface area contributed by atoms with Gasteiger partial charge in [-0.05, 0) is 28.5 Å². The topological polar surface area (TPSA) is 0 Å². The van der Waals surface area contributed by atoms with Crippen LogP contribution in [-0.4, -0.2) is 0 Å². The molecule has 1 atom stereocenters. The highest BCUT2D eigenvalue weighted by Gasteiger charge is 2.51. The fourth-order valence-corrected chi connectivity index (χ4v) is 5.20. The summed E-state index contributed by atoms with van der Waals surface area (Å²) in [6, 6.07) is 33.0. The van der Waals surface area contributed by atoms with Crippen LogP contribution < -0.4 is 0 Å². The Morgan fingerprint density at radius 3 is 1.62 bits per heavy atom. The number of benzene rings is 3. The minimum Gasteiger partial charge on any atom is -0.0761 e. The highest BCUT2D eigenvalue weighted by molar-refractivity contribution is 5.50. The lowest BCUT2D eigenvalue weighted by Gasteiger charge is -2.51. The minimum absolute atomic E-state index is 0.0187. The largest absolute Gasteiger partial charge is 0.0761 e. The minimum atomic E-state index is -0.150. The van der Waals surface area contributed by atoms with Crippen LogP contribution in [0.25, 0.3) is 0 Å². The zero-order chi connectivity index (χ0) is 20.3. The van der Waals surface area contributed by atoms with Crippen molar-refractivity contribution < 1.29 is 0 Å². The summed E-state index contributed by atoms with van der Waals surface area (Å²) < 4.78 is 0. The third-order valence-corrected chi connectivity index (χ3v) is 6.37. The second-order valence-electron chi connectivity index (χ2n) is 9.06. The van der Waals surface area contributed by atoms with Gasteiger partial charge >= 0.3 is 0 Å². The highest BCUT2D eigenvalue weighted by Crippen LogP contribution is 2.55. The Bertz CT molecular complexity index is 947. The van der Waals surface area contributed by atoms with Gasteiger partial charge in [0.1, 0.15) is 0 Å². The predicted octanol–water partition coefficient (Wildman–Crippen LogP) is 7.37. The molecule has 4 rings (SSSR count). The normalized spacial score (nSPS) is 16.7. The standard InChI is InChI=1S/C29H30/c1-28(2,3)29(25-17-9-5-10-18-25,26-19-11-6-12-20-26)27-21-13-16-24(27)22-23-14-7-4-8-15-23/h4-21,27H,22H2,1-3H3. The van der Waals surface area contributed by atoms with Gasteiger partial charge in [0.15, 0.2) is 0 Å². The van der Waals surface area contributed by atoms with Crippen molar-refractivity contribution in [3.05, 3.63) is 131 Å². The van der Waals surface area contributed by atoms with Gasteiger partial charge in [-0.25, -0.2) is 0 Å². The van der Waals surface area contributed by atoms with Crippen molar-refractivity contribution in [3.63, 3.8) is 0 Å². The van der Waals surface area contributed by atoms with E-state index in [1.807, 2.05) is 0 Å². The molecule has 0 heteroatoms. The molecule has 0 aliphatic heterocycles. The average molecular weight is 379 g/mol. The van der Waals surface area contributed by atoms with Gasteiger partial charge in [-0.15, -0.1) is 0 Å². The molecule has 0 radical (unpaired) electrons. The summed E-state index contributed by atoms with van der Waals surface area (Å²) in [4.78, 5) is 0. The lowest BCUT2D eigenvalue weighted by molar-refractivity contribution is 0.188. The lowest BCUT2D eigenvalue weighted by atomic mass is 9.52. The third-order valence-electron chi connectivity index (χ3n) is 6.37. The average Bonchev–Trinajstić information content (AvgIpc) is 3.18. The van der Waals surface area contributed by atoms with Crippen molar-refractivity contribution >= 4 is 0 Å². The second kappa shape index (κ2) is 7.87. The number of rotatable bonds is 5. The van der Waals surface area contributed by atoms with E-state index in [0.29, 0.717) is 5.92 Å². The Morgan fingerprint density at radius 1 is 0.655 bits per heavy atom. The van der Waals surface area contributed by atoms with E-state index >= 15 is 0 Å². The molecule has 0 bridgehead atoms. The van der Waals surface area contributed by atoms with Crippen LogP contribution in [0.3, 0.4) is 0 Å². The first-order valence-electron chi connectivity index (χ1n) is 10.6. The van der Waals surface area contributed by atoms with E-state index in [1.54, 1.807) is 0 Å². The Labute approximate surface area is 175 Å². The summed E-state index contributed by atoms with van der Waals surface area (Å²) >= 11 is 0. The molecule has 0 nitrogen and oxygen atoms in total. The summed E-state index contributed by atoms with van der Waals surface area (Å²) in [5.74, 6) is 0.313. The van der Waals surface area contributed by atoms with Crippen LogP contribution in [0.5, 0.6) is 0 Å². The molecule has 0 heterocycles. The van der Waals surface area contributed by atoms with E-state index in [2.05, 4.69) is 130 Å². The molecular formula is C29H30. The van der Waals surface area contributed by atoms with Crippen molar-refractivity contribution in [3.8, 4) is 0 Å². The first-order chi connectivity index (χ1) is 14.0. The van der Waals surface area contributed by atoms with Crippen molar-refractivity contribution in [1.82, 2.24) is 0 Å². The van der Waals surface area contributed by atoms with Gasteiger partial charge in [0.25, 0.3) is 0 Å². The quantitative estimate of drug-likeness (QED) is 0.434. The molecule has 0 saturated heterocycles. The highest BCUT2D eigenvalue weighted by atomic mass is 14.5. The summed E-state index contributed by atoms with van der Waals surface area (Å²) in [5, 5.41) is 0. The molecule has 0 N–H and O–H groups in total. The molecule has 1 aliphatic carbocycles. The zero-order valence-corrected chi connectivity index (χ0v) is 17.7. The first-order valence-corrected chi connectivity index (χ1v) is 10.6. The zero-order valence-electron chi connectivity index (χ0n) is 17.7. The molecule has 3 aromatic carbocycles. The Kier molecular flexibility index (Phi) is 5.28. The molecule has 0 amide bonds. The molecule has 0 saturated carbocycles. The van der Waals surface area contributed by atoms with Gasteiger partial charge in [0.2, 0.25) is 0 Å². The van der Waals surface area contributed by atoms with Crippen LogP contribution in [0.15, 0.2) is 115 Å². The molecule has 3 aromatic rings. The van der Waals surface area contributed by atoms with E-state index in [9.17, 15) is 0 Å². The van der Waals surface area contributed by atoms with Gasteiger partial charge in [-0.1, -0.05) is 136 Å². The van der Waals surface area contributed by atoms with Crippen LogP contribution >= 0.6 is 0 Å². The Hall–Kier alpha value is -2.86. The van der Waals surface area contributed by atoms with E-state index in [1.165, 1.54) is 22.3 Å². The van der Waals surface area contributed by atoms with E-state index < -0.39 is 0 Å². The van der Waals surface area contributed by atoms with Crippen LogP contribution in [0.4, 0.5) is 0 Å². The fourth-order valence-electron chi connectivity index (χ4n) is 5.20. The molecule has 0 spiro atoms. The molecule has 1 aliphatic rings. The van der Waals surface area contributed by atoms with E-state index in [-0.39, 0.29) is 10.8 Å². The summed E-state index contributed by atoms with van der Waals surface area (Å²) in [5.41, 5.74) is 5.49. The second-order valence-corrected chi connectivity index (χ2v) is 9.06. The molecule has 146 valence electrons. The van der Waals surface area contributed by atoms with Crippen LogP contribution in [0.1, 0.15) is 37.5 Å². The summed E-state index contributed by atoms with van der Waals surface area (Å²) in [6.07, 6.45) is 8.00. The monoisotopic (exact) mass is 378 g/mol. The van der Waals surface area contributed by atoms with Crippen molar-refractivity contribution in [2.75, 3.05) is 0 Å². The van der Waals surface area contributed by atoms with Crippen LogP contribution in [-0.2, 0) is 11.8 Å². The number of allylic oxidation sites excluding steroid dienone is 4. The SMILES string of the molecule is CC(C)(C)C(c1ccccc1)(c1ccccc1)C1C=CC=C1Cc1ccccc1. The van der Waals surface area contributed by atoms with Crippen molar-refractivity contribution in [2.24, 2.45) is 11.3 Å². The first kappa shape index (κ1) is 19.5. The Balaban J connectivity index is 1.91. The van der Waals surface area contributed by atoms with Gasteiger partial charge in [-0.3, -0.25) is 0 Å². The fraction of sp³-hybridized carbons (Fsp3) is 0.241. The van der Waals surface area contributed by atoms with Crippen molar-refractivity contribution in [1.29, 1.82) is 0 Å². The number of hydrogen-bond acceptors (Lipinski definition) is 0. The summed E-state index contributed by atoms with van der Waals surface area (Å²) in [6.45, 7) is 7.16. The van der Waals surface area contributed by atoms with Gasteiger partial charge in [-0.2, -0.15) is 0 Å². The molecule has 0 fully saturated rings. The van der Waals surface area contributed by atoms with Crippen LogP contribution in [0, 0.1) is 11.3 Å².